The first-order valence-corrected chi connectivity index (χ1v) is 2.31. The average molecular weight is 115 g/mol. The Labute approximate surface area is 45.8 Å². The third-order valence-electron chi connectivity index (χ3n) is 0.620. The van der Waals surface area contributed by atoms with Gasteiger partial charge in [0.1, 0.15) is 5.82 Å². The molecule has 7 heavy (non-hydrogen) atoms. The summed E-state index contributed by atoms with van der Waals surface area (Å²) in [7, 11) is 0. The molecule has 4 heteroatoms. The molecule has 0 amide bonds. The molecule has 0 aromatic carbocycles. The number of H-pyrrole nitrogens is 2. The van der Waals surface area contributed by atoms with Crippen LogP contribution in [0.25, 0.3) is 0 Å². The van der Waals surface area contributed by atoms with Gasteiger partial charge in [-0.05, 0) is 19.1 Å². The number of aromatic amines is 2. The zero-order valence-electron chi connectivity index (χ0n) is 3.86. The van der Waals surface area contributed by atoms with Gasteiger partial charge in [-0.2, -0.15) is 5.10 Å². The van der Waals surface area contributed by atoms with E-state index in [1.165, 1.54) is 0 Å². The van der Waals surface area contributed by atoms with Crippen LogP contribution in [0.1, 0.15) is 5.82 Å². The number of hydrogen-bond acceptors (Lipinski definition) is 2. The Morgan fingerprint density at radius 1 is 1.71 bits per heavy atom. The topological polar surface area (TPSA) is 44.5 Å². The predicted molar refractivity (Wildman–Crippen MR) is 28.5 cm³/mol. The van der Waals surface area contributed by atoms with Crippen LogP contribution in [-0.2, 0) is 0 Å². The van der Waals surface area contributed by atoms with E-state index < -0.39 is 0 Å². The average Bonchev–Trinajstić information content (AvgIpc) is 1.87. The van der Waals surface area contributed by atoms with Crippen molar-refractivity contribution in [2.45, 2.75) is 6.92 Å². The van der Waals surface area contributed by atoms with Gasteiger partial charge in [0.15, 0.2) is 4.77 Å². The van der Waals surface area contributed by atoms with Crippen molar-refractivity contribution in [1.82, 2.24) is 15.2 Å². The second kappa shape index (κ2) is 1.46. The summed E-state index contributed by atoms with van der Waals surface area (Å²) in [6.07, 6.45) is 0. The molecule has 1 rings (SSSR count). The van der Waals surface area contributed by atoms with E-state index in [0.29, 0.717) is 4.77 Å². The maximum atomic E-state index is 4.66. The highest BCUT2D eigenvalue weighted by atomic mass is 32.1. The van der Waals surface area contributed by atoms with Gasteiger partial charge in [0.25, 0.3) is 0 Å². The molecular weight excluding hydrogens is 110 g/mol. The number of rotatable bonds is 0. The Bertz CT molecular complexity index is 198. The Kier molecular flexibility index (Phi) is 0.941. The second-order valence-electron chi connectivity index (χ2n) is 1.26. The molecule has 1 aromatic heterocycles. The first-order chi connectivity index (χ1) is 3.29. The van der Waals surface area contributed by atoms with Crippen molar-refractivity contribution in [1.29, 1.82) is 0 Å². The normalized spacial score (nSPS) is 9.29. The zero-order chi connectivity index (χ0) is 5.28. The molecule has 0 bridgehead atoms. The van der Waals surface area contributed by atoms with Crippen molar-refractivity contribution in [3.8, 4) is 0 Å². The number of hydrogen-bond donors (Lipinski definition) is 2. The molecule has 0 aliphatic carbocycles. The lowest BCUT2D eigenvalue weighted by Crippen LogP contribution is -1.68. The molecule has 0 saturated heterocycles. The van der Waals surface area contributed by atoms with Gasteiger partial charge in [0.05, 0.1) is 0 Å². The number of aromatic nitrogens is 3. The Balaban J connectivity index is 3.30. The second-order valence-corrected chi connectivity index (χ2v) is 1.67. The van der Waals surface area contributed by atoms with E-state index in [1.54, 1.807) is 0 Å². The van der Waals surface area contributed by atoms with Gasteiger partial charge in [-0.15, -0.1) is 0 Å². The van der Waals surface area contributed by atoms with Crippen molar-refractivity contribution >= 4 is 12.2 Å². The summed E-state index contributed by atoms with van der Waals surface area (Å²) in [6.45, 7) is 1.84. The minimum absolute atomic E-state index is 0.581. The maximum absolute atomic E-state index is 4.66. The maximum Gasteiger partial charge on any atom is 0.192 e. The minimum atomic E-state index is 0.581. The van der Waals surface area contributed by atoms with Crippen LogP contribution in [0.3, 0.4) is 0 Å². The van der Waals surface area contributed by atoms with E-state index >= 15 is 0 Å². The summed E-state index contributed by atoms with van der Waals surface area (Å²) in [5.41, 5.74) is 0. The first kappa shape index (κ1) is 4.52. The van der Waals surface area contributed by atoms with Gasteiger partial charge in [-0.25, -0.2) is 0 Å². The monoisotopic (exact) mass is 115 g/mol. The molecular formula is C3H5N3S. The molecule has 38 valence electrons. The summed E-state index contributed by atoms with van der Waals surface area (Å²) in [4.78, 5) is 2.79. The summed E-state index contributed by atoms with van der Waals surface area (Å²) in [6, 6.07) is 0. The van der Waals surface area contributed by atoms with Crippen LogP contribution >= 0.6 is 12.2 Å². The van der Waals surface area contributed by atoms with Crippen molar-refractivity contribution in [2.75, 3.05) is 0 Å². The van der Waals surface area contributed by atoms with E-state index in [4.69, 9.17) is 0 Å². The largest absolute Gasteiger partial charge is 0.318 e. The van der Waals surface area contributed by atoms with Gasteiger partial charge in [-0.3, -0.25) is 5.10 Å². The molecule has 0 radical (unpaired) electrons. The van der Waals surface area contributed by atoms with Crippen LogP contribution in [0.4, 0.5) is 0 Å². The third kappa shape index (κ3) is 0.866. The Morgan fingerprint density at radius 3 is 2.57 bits per heavy atom. The Morgan fingerprint density at radius 2 is 2.43 bits per heavy atom. The van der Waals surface area contributed by atoms with Crippen molar-refractivity contribution in [3.05, 3.63) is 10.6 Å². The smallest absolute Gasteiger partial charge is 0.192 e. The van der Waals surface area contributed by atoms with Crippen LogP contribution in [0.15, 0.2) is 0 Å². The molecule has 0 aliphatic rings. The molecule has 2 N–H and O–H groups in total. The van der Waals surface area contributed by atoms with Crippen molar-refractivity contribution in [2.24, 2.45) is 0 Å². The molecule has 0 fully saturated rings. The highest BCUT2D eigenvalue weighted by Crippen LogP contribution is 1.79. The first-order valence-electron chi connectivity index (χ1n) is 1.90. The van der Waals surface area contributed by atoms with Crippen LogP contribution < -0.4 is 0 Å². The van der Waals surface area contributed by atoms with E-state index in [1.807, 2.05) is 6.92 Å². The van der Waals surface area contributed by atoms with Gasteiger partial charge in [0.2, 0.25) is 0 Å². The lowest BCUT2D eigenvalue weighted by molar-refractivity contribution is 1.03. The van der Waals surface area contributed by atoms with E-state index in [2.05, 4.69) is 27.4 Å². The zero-order valence-corrected chi connectivity index (χ0v) is 4.67. The van der Waals surface area contributed by atoms with Gasteiger partial charge in [-0.1, -0.05) is 0 Å². The fourth-order valence-electron chi connectivity index (χ4n) is 0.355. The summed E-state index contributed by atoms with van der Waals surface area (Å²) >= 11 is 4.66. The number of aryl methyl sites for hydroxylation is 1. The van der Waals surface area contributed by atoms with Crippen molar-refractivity contribution < 1.29 is 0 Å². The Hall–Kier alpha value is -0.640. The van der Waals surface area contributed by atoms with Crippen LogP contribution in [-0.4, -0.2) is 15.2 Å². The molecule has 0 saturated carbocycles. The van der Waals surface area contributed by atoms with Crippen LogP contribution in [0.2, 0.25) is 0 Å². The third-order valence-corrected chi connectivity index (χ3v) is 0.813. The predicted octanol–water partition coefficient (Wildman–Crippen LogP) is 0.776. The molecule has 0 unspecified atom stereocenters. The molecule has 0 atom stereocenters. The molecule has 1 heterocycles. The summed E-state index contributed by atoms with van der Waals surface area (Å²) in [5.74, 6) is 0.824. The van der Waals surface area contributed by atoms with Crippen molar-refractivity contribution in [3.63, 3.8) is 0 Å². The standard InChI is InChI=1S/C3H5N3S/c1-2-4-3(7)6-5-2/h1H3,(H2,4,5,6,7). The fraction of sp³-hybridized carbons (Fsp3) is 0.333. The highest BCUT2D eigenvalue weighted by Gasteiger charge is 1.79. The number of nitrogens with one attached hydrogen (secondary N) is 2. The molecule has 1 aromatic rings. The molecule has 0 spiro atoms. The summed E-state index contributed by atoms with van der Waals surface area (Å²) in [5, 5.41) is 6.31. The quantitative estimate of drug-likeness (QED) is 0.491. The molecule has 3 nitrogen and oxygen atoms in total. The van der Waals surface area contributed by atoms with Gasteiger partial charge < -0.3 is 4.98 Å². The fourth-order valence-corrected chi connectivity index (χ4v) is 0.548. The highest BCUT2D eigenvalue weighted by molar-refractivity contribution is 7.71. The minimum Gasteiger partial charge on any atom is -0.318 e. The van der Waals surface area contributed by atoms with E-state index in [9.17, 15) is 0 Å². The lowest BCUT2D eigenvalue weighted by atomic mass is 10.8. The SMILES string of the molecule is Cc1n[nH]c(=S)[nH]1. The lowest BCUT2D eigenvalue weighted by Gasteiger charge is -1.66. The van der Waals surface area contributed by atoms with Crippen LogP contribution in [0.5, 0.6) is 0 Å². The summed E-state index contributed by atoms with van der Waals surface area (Å²) < 4.78 is 0.581. The number of nitrogens with zero attached hydrogens (tertiary/aromatic N) is 1. The van der Waals surface area contributed by atoms with E-state index in [0.717, 1.165) is 5.82 Å². The molecule has 0 aliphatic heterocycles. The van der Waals surface area contributed by atoms with Gasteiger partial charge in [0, 0.05) is 0 Å². The van der Waals surface area contributed by atoms with Gasteiger partial charge >= 0.3 is 0 Å². The van der Waals surface area contributed by atoms with Crippen LogP contribution in [0, 0.1) is 11.7 Å². The van der Waals surface area contributed by atoms with E-state index in [-0.39, 0.29) is 0 Å².